The Balaban J connectivity index is 3.50. The minimum absolute atomic E-state index is 0.519. The van der Waals surface area contributed by atoms with Crippen LogP contribution in [-0.4, -0.2) is 13.0 Å². The summed E-state index contributed by atoms with van der Waals surface area (Å²) in [5, 5.41) is 0. The lowest BCUT2D eigenvalue weighted by atomic mass is 12.0. The first kappa shape index (κ1) is 7.55. The molecular formula is C2H5IP2S. The van der Waals surface area contributed by atoms with E-state index < -0.39 is 0 Å². The van der Waals surface area contributed by atoms with E-state index in [9.17, 15) is 0 Å². The third-order valence-corrected chi connectivity index (χ3v) is 10.9. The van der Waals surface area contributed by atoms with Crippen LogP contribution in [0.25, 0.3) is 0 Å². The third-order valence-electron chi connectivity index (χ3n) is 0.257. The maximum Gasteiger partial charge on any atom is 0.00297 e. The summed E-state index contributed by atoms with van der Waals surface area (Å²) in [6.45, 7) is 2.68. The fraction of sp³-hybridized carbons (Fsp3) is 0.500. The van der Waals surface area contributed by atoms with E-state index in [4.69, 9.17) is 0 Å². The van der Waals surface area contributed by atoms with Crippen LogP contribution >= 0.6 is 36.0 Å². The van der Waals surface area contributed by atoms with Crippen LogP contribution in [0.2, 0.25) is 0 Å². The van der Waals surface area contributed by atoms with E-state index in [1.807, 2.05) is 0 Å². The van der Waals surface area contributed by atoms with Gasteiger partial charge in [0, 0.05) is 21.2 Å². The minimum Gasteiger partial charge on any atom is -0.0643 e. The van der Waals surface area contributed by atoms with Crippen molar-refractivity contribution in [1.29, 1.82) is 0 Å². The molecule has 0 spiro atoms. The molecule has 0 aliphatic heterocycles. The highest BCUT2D eigenvalue weighted by atomic mass is 127. The Labute approximate surface area is 55.6 Å². The molecule has 0 bridgehead atoms. The second-order valence-corrected chi connectivity index (χ2v) is 13.3. The number of rotatable bonds is 1. The van der Waals surface area contributed by atoms with Crippen LogP contribution in [0.5, 0.6) is 0 Å². The second kappa shape index (κ2) is 4.70. The van der Waals surface area contributed by atoms with Gasteiger partial charge in [-0.15, -0.1) is 0 Å². The zero-order valence-corrected chi connectivity index (χ0v) is 8.15. The lowest BCUT2D eigenvalue weighted by Gasteiger charge is -1.76. The summed E-state index contributed by atoms with van der Waals surface area (Å²) in [5.41, 5.74) is 0. The zero-order chi connectivity index (χ0) is 4.99. The first-order valence-corrected chi connectivity index (χ1v) is 8.68. The van der Waals surface area contributed by atoms with Gasteiger partial charge < -0.3 is 0 Å². The Morgan fingerprint density at radius 3 is 2.33 bits per heavy atom. The van der Waals surface area contributed by atoms with Crippen LogP contribution in [0, 0.1) is 0 Å². The van der Waals surface area contributed by atoms with Crippen LogP contribution in [0.15, 0.2) is 0 Å². The Bertz CT molecular complexity index is 79.6. The quantitative estimate of drug-likeness (QED) is 0.495. The summed E-state index contributed by atoms with van der Waals surface area (Å²) in [4.78, 5) is 0. The molecular weight excluding hydrogens is 245 g/mol. The van der Waals surface area contributed by atoms with Gasteiger partial charge >= 0.3 is 0 Å². The van der Waals surface area contributed by atoms with Crippen molar-refractivity contribution in [3.8, 4) is 0 Å². The van der Waals surface area contributed by atoms with Gasteiger partial charge in [-0.05, 0) is 20.9 Å². The van der Waals surface area contributed by atoms with E-state index in [0.717, 1.165) is 0 Å². The van der Waals surface area contributed by atoms with Gasteiger partial charge in [0.1, 0.15) is 0 Å². The molecule has 0 aromatic rings. The molecule has 6 heavy (non-hydrogen) atoms. The number of hydrogen-bond acceptors (Lipinski definition) is 0. The zero-order valence-electron chi connectivity index (χ0n) is 3.39. The van der Waals surface area contributed by atoms with Crippen molar-refractivity contribution in [3.63, 3.8) is 0 Å². The van der Waals surface area contributed by atoms with E-state index in [0.29, 0.717) is 6.86 Å². The van der Waals surface area contributed by atoms with Crippen molar-refractivity contribution in [2.75, 3.05) is 6.66 Å². The van der Waals surface area contributed by atoms with Crippen LogP contribution in [0.3, 0.4) is 0 Å². The summed E-state index contributed by atoms with van der Waals surface area (Å²) in [6.07, 6.45) is 3.73. The number of hydrogen-bond donors (Lipinski definition) is 0. The normalized spacial score (nSPS) is 15.7. The van der Waals surface area contributed by atoms with Gasteiger partial charge in [0.05, 0.1) is 0 Å². The van der Waals surface area contributed by atoms with Crippen LogP contribution in [-0.2, 0) is 6.86 Å². The molecule has 1 unspecified atom stereocenters. The largest absolute Gasteiger partial charge is 0.0643 e. The molecule has 0 amide bonds. The van der Waals surface area contributed by atoms with Gasteiger partial charge in [-0.1, -0.05) is 13.7 Å². The smallest absolute Gasteiger partial charge is 0.00297 e. The average molecular weight is 250 g/mol. The van der Waals surface area contributed by atoms with Crippen molar-refractivity contribution in [3.05, 3.63) is 0 Å². The van der Waals surface area contributed by atoms with Gasteiger partial charge in [0.2, 0.25) is 0 Å². The number of halogens is 1. The molecule has 0 N–H and O–H groups in total. The molecule has 0 radical (unpaired) electrons. The Morgan fingerprint density at radius 1 is 1.83 bits per heavy atom. The fourth-order valence-electron chi connectivity index (χ4n) is 0.0577. The summed E-state index contributed by atoms with van der Waals surface area (Å²) < 4.78 is 0. The average Bonchev–Trinajstić information content (AvgIpc) is 1.65. The predicted molar refractivity (Wildman–Crippen MR) is 48.3 cm³/mol. The van der Waals surface area contributed by atoms with E-state index in [1.165, 1.54) is 14.8 Å². The molecule has 0 saturated heterocycles. The molecule has 0 rings (SSSR count). The molecule has 0 aromatic heterocycles. The SMILES string of the molecule is C=PS(I)=PC. The van der Waals surface area contributed by atoms with Gasteiger partial charge in [0.25, 0.3) is 0 Å². The van der Waals surface area contributed by atoms with Crippen LogP contribution in [0.1, 0.15) is 0 Å². The third kappa shape index (κ3) is 3.73. The Morgan fingerprint density at radius 2 is 2.33 bits per heavy atom. The van der Waals surface area contributed by atoms with Gasteiger partial charge in [0.15, 0.2) is 0 Å². The van der Waals surface area contributed by atoms with E-state index in [1.54, 1.807) is 0 Å². The highest BCUT2D eigenvalue weighted by Crippen LogP contribution is 2.20. The summed E-state index contributed by atoms with van der Waals surface area (Å²) in [6, 6.07) is 0. The maximum absolute atomic E-state index is 3.73. The van der Waals surface area contributed by atoms with Crippen molar-refractivity contribution in [1.82, 2.24) is 0 Å². The minimum atomic E-state index is 0.519. The summed E-state index contributed by atoms with van der Waals surface area (Å²) in [7, 11) is 2.75. The van der Waals surface area contributed by atoms with Gasteiger partial charge in [-0.2, -0.15) is 0 Å². The van der Waals surface area contributed by atoms with E-state index in [-0.39, 0.29) is 0 Å². The highest BCUT2D eigenvalue weighted by Gasteiger charge is 1.68. The first-order valence-electron chi connectivity index (χ1n) is 1.28. The van der Waals surface area contributed by atoms with Crippen molar-refractivity contribution >= 4 is 49.1 Å². The molecule has 0 aliphatic rings. The van der Waals surface area contributed by atoms with E-state index >= 15 is 0 Å². The molecule has 0 heterocycles. The Kier molecular flexibility index (Phi) is 5.92. The molecule has 0 saturated carbocycles. The van der Waals surface area contributed by atoms with Gasteiger partial charge in [-0.25, -0.2) is 0 Å². The molecule has 4 heteroatoms. The van der Waals surface area contributed by atoms with Crippen molar-refractivity contribution in [2.24, 2.45) is 0 Å². The maximum atomic E-state index is 3.73. The molecule has 0 fully saturated rings. The monoisotopic (exact) mass is 250 g/mol. The molecule has 0 aromatic carbocycles. The molecule has 1 atom stereocenters. The molecule has 0 aliphatic carbocycles. The molecule has 0 nitrogen and oxygen atoms in total. The lowest BCUT2D eigenvalue weighted by molar-refractivity contribution is 2.52. The summed E-state index contributed by atoms with van der Waals surface area (Å²) in [5.74, 6) is 0. The van der Waals surface area contributed by atoms with Gasteiger partial charge in [-0.3, -0.25) is 0 Å². The fourth-order valence-corrected chi connectivity index (χ4v) is 1.56. The van der Waals surface area contributed by atoms with Crippen molar-refractivity contribution < 1.29 is 0 Å². The summed E-state index contributed by atoms with van der Waals surface area (Å²) >= 11 is 2.41. The first-order chi connectivity index (χ1) is 2.81. The van der Waals surface area contributed by atoms with E-state index in [2.05, 4.69) is 34.2 Å². The molecule has 36 valence electrons. The van der Waals surface area contributed by atoms with Crippen LogP contribution in [0.4, 0.5) is 0 Å². The Hall–Kier alpha value is 1.55. The standard InChI is InChI=1S/C2H5IP2S/c1-4-6(3)5-2/h1H2,2H3. The predicted octanol–water partition coefficient (Wildman–Crippen LogP) is 2.74. The van der Waals surface area contributed by atoms with Crippen molar-refractivity contribution in [2.45, 2.75) is 0 Å². The second-order valence-electron chi connectivity index (χ2n) is 0.531. The van der Waals surface area contributed by atoms with Crippen LogP contribution < -0.4 is 0 Å². The lowest BCUT2D eigenvalue weighted by Crippen LogP contribution is -1.37. The highest BCUT2D eigenvalue weighted by molar-refractivity contribution is 14.2. The topological polar surface area (TPSA) is 0 Å².